The van der Waals surface area contributed by atoms with Crippen LogP contribution in [0.5, 0.6) is 5.75 Å². The van der Waals surface area contributed by atoms with E-state index in [1.165, 1.54) is 0 Å². The van der Waals surface area contributed by atoms with Crippen LogP contribution in [0.15, 0.2) is 18.2 Å². The van der Waals surface area contributed by atoms with Crippen LogP contribution in [-0.4, -0.2) is 13.2 Å². The van der Waals surface area contributed by atoms with Crippen LogP contribution in [0, 0.1) is 11.8 Å². The highest BCUT2D eigenvalue weighted by atomic mass is 35.5. The van der Waals surface area contributed by atoms with Crippen LogP contribution >= 0.6 is 11.6 Å². The topological polar surface area (TPSA) is 21.3 Å². The van der Waals surface area contributed by atoms with Crippen LogP contribution < -0.4 is 10.1 Å². The molecule has 0 saturated heterocycles. The predicted molar refractivity (Wildman–Crippen MR) is 82.9 cm³/mol. The molecule has 0 radical (unpaired) electrons. The van der Waals surface area contributed by atoms with Crippen molar-refractivity contribution in [1.82, 2.24) is 5.32 Å². The van der Waals surface area contributed by atoms with Gasteiger partial charge in [0.05, 0.1) is 6.61 Å². The highest BCUT2D eigenvalue weighted by Gasteiger charge is 2.06. The number of hydrogen-bond donors (Lipinski definition) is 1. The quantitative estimate of drug-likeness (QED) is 0.758. The van der Waals surface area contributed by atoms with Crippen LogP contribution in [0.1, 0.15) is 39.7 Å². The molecule has 1 N–H and O–H groups in total. The minimum Gasteiger partial charge on any atom is -0.493 e. The van der Waals surface area contributed by atoms with Crippen LogP contribution in [0.3, 0.4) is 0 Å². The molecule has 0 fully saturated rings. The number of rotatable bonds is 8. The summed E-state index contributed by atoms with van der Waals surface area (Å²) in [7, 11) is 0. The minimum atomic E-state index is 0.643. The average Bonchev–Trinajstić information content (AvgIpc) is 2.31. The van der Waals surface area contributed by atoms with Crippen molar-refractivity contribution >= 4 is 11.6 Å². The molecule has 108 valence electrons. The van der Waals surface area contributed by atoms with Gasteiger partial charge >= 0.3 is 0 Å². The van der Waals surface area contributed by atoms with Gasteiger partial charge in [-0.25, -0.2) is 0 Å². The summed E-state index contributed by atoms with van der Waals surface area (Å²) in [5.74, 6) is 2.25. The third-order valence-corrected chi connectivity index (χ3v) is 3.08. The lowest BCUT2D eigenvalue weighted by Gasteiger charge is -2.14. The number of halogens is 1. The van der Waals surface area contributed by atoms with Crippen molar-refractivity contribution < 1.29 is 4.74 Å². The Morgan fingerprint density at radius 3 is 2.53 bits per heavy atom. The zero-order chi connectivity index (χ0) is 14.3. The second-order valence-electron chi connectivity index (χ2n) is 5.81. The van der Waals surface area contributed by atoms with Gasteiger partial charge < -0.3 is 10.1 Å². The Morgan fingerprint density at radius 2 is 1.89 bits per heavy atom. The molecule has 2 nitrogen and oxygen atoms in total. The molecule has 1 rings (SSSR count). The SMILES string of the molecule is CC(C)CCOc1ccc(Cl)cc1CNCC(C)C. The van der Waals surface area contributed by atoms with Gasteiger partial charge in [0.2, 0.25) is 0 Å². The fraction of sp³-hybridized carbons (Fsp3) is 0.625. The molecule has 1 aromatic carbocycles. The third-order valence-electron chi connectivity index (χ3n) is 2.84. The molecule has 0 saturated carbocycles. The number of nitrogens with one attached hydrogen (secondary N) is 1. The maximum absolute atomic E-state index is 6.06. The van der Waals surface area contributed by atoms with E-state index in [-0.39, 0.29) is 0 Å². The summed E-state index contributed by atoms with van der Waals surface area (Å²) < 4.78 is 5.86. The molecule has 0 heterocycles. The molecule has 19 heavy (non-hydrogen) atoms. The van der Waals surface area contributed by atoms with Crippen LogP contribution in [0.25, 0.3) is 0 Å². The summed E-state index contributed by atoms with van der Waals surface area (Å²) in [5.41, 5.74) is 1.14. The highest BCUT2D eigenvalue weighted by Crippen LogP contribution is 2.23. The van der Waals surface area contributed by atoms with Crippen molar-refractivity contribution in [2.45, 2.75) is 40.7 Å². The molecule has 0 bridgehead atoms. The normalized spacial score (nSPS) is 11.3. The molecule has 0 aromatic heterocycles. The van der Waals surface area contributed by atoms with Gasteiger partial charge in [-0.1, -0.05) is 39.3 Å². The molecule has 1 aromatic rings. The van der Waals surface area contributed by atoms with Crippen molar-refractivity contribution in [3.63, 3.8) is 0 Å². The zero-order valence-electron chi connectivity index (χ0n) is 12.5. The lowest BCUT2D eigenvalue weighted by Crippen LogP contribution is -2.19. The van der Waals surface area contributed by atoms with E-state index in [1.807, 2.05) is 18.2 Å². The van der Waals surface area contributed by atoms with Crippen LogP contribution in [0.4, 0.5) is 0 Å². The van der Waals surface area contributed by atoms with Crippen molar-refractivity contribution in [3.05, 3.63) is 28.8 Å². The lowest BCUT2D eigenvalue weighted by molar-refractivity contribution is 0.286. The van der Waals surface area contributed by atoms with E-state index in [0.29, 0.717) is 11.8 Å². The largest absolute Gasteiger partial charge is 0.493 e. The predicted octanol–water partition coefficient (Wildman–Crippen LogP) is 4.51. The Morgan fingerprint density at radius 1 is 1.16 bits per heavy atom. The lowest BCUT2D eigenvalue weighted by atomic mass is 10.1. The Hall–Kier alpha value is -0.730. The second-order valence-corrected chi connectivity index (χ2v) is 6.24. The van der Waals surface area contributed by atoms with Crippen LogP contribution in [-0.2, 0) is 6.54 Å². The fourth-order valence-electron chi connectivity index (χ4n) is 1.73. The first-order valence-electron chi connectivity index (χ1n) is 7.11. The van der Waals surface area contributed by atoms with Crippen molar-refractivity contribution in [2.24, 2.45) is 11.8 Å². The summed E-state index contributed by atoms with van der Waals surface area (Å²) in [6, 6.07) is 5.84. The Balaban J connectivity index is 2.58. The molecule has 0 aliphatic rings. The molecule has 0 amide bonds. The highest BCUT2D eigenvalue weighted by molar-refractivity contribution is 6.30. The van der Waals surface area contributed by atoms with Gasteiger partial charge in [-0.3, -0.25) is 0 Å². The summed E-state index contributed by atoms with van der Waals surface area (Å²) in [6.45, 7) is 11.4. The molecule has 0 unspecified atom stereocenters. The average molecular weight is 284 g/mol. The van der Waals surface area contributed by atoms with Gasteiger partial charge in [0.15, 0.2) is 0 Å². The molecule has 0 spiro atoms. The Bertz CT molecular complexity index is 377. The van der Waals surface area contributed by atoms with Crippen molar-refractivity contribution in [1.29, 1.82) is 0 Å². The third kappa shape index (κ3) is 6.84. The number of hydrogen-bond acceptors (Lipinski definition) is 2. The van der Waals surface area contributed by atoms with Crippen molar-refractivity contribution in [2.75, 3.05) is 13.2 Å². The summed E-state index contributed by atoms with van der Waals surface area (Å²) >= 11 is 6.06. The maximum atomic E-state index is 6.06. The molecule has 0 aliphatic carbocycles. The second kappa shape index (κ2) is 8.44. The van der Waals surface area contributed by atoms with Gasteiger partial charge in [0.25, 0.3) is 0 Å². The van der Waals surface area contributed by atoms with Gasteiger partial charge in [-0.05, 0) is 43.0 Å². The smallest absolute Gasteiger partial charge is 0.123 e. The standard InChI is InChI=1S/C16H26ClNO/c1-12(2)7-8-19-16-6-5-15(17)9-14(16)11-18-10-13(3)4/h5-6,9,12-13,18H,7-8,10-11H2,1-4H3. The fourth-order valence-corrected chi connectivity index (χ4v) is 1.92. The molecular weight excluding hydrogens is 258 g/mol. The van der Waals surface area contributed by atoms with Gasteiger partial charge in [0.1, 0.15) is 5.75 Å². The van der Waals surface area contributed by atoms with Gasteiger partial charge in [0, 0.05) is 17.1 Å². The Labute approximate surface area is 122 Å². The minimum absolute atomic E-state index is 0.643. The zero-order valence-corrected chi connectivity index (χ0v) is 13.3. The monoisotopic (exact) mass is 283 g/mol. The first-order valence-corrected chi connectivity index (χ1v) is 7.48. The first-order chi connectivity index (χ1) is 8.99. The maximum Gasteiger partial charge on any atom is 0.123 e. The van der Waals surface area contributed by atoms with Gasteiger partial charge in [-0.2, -0.15) is 0 Å². The molecular formula is C16H26ClNO. The molecule has 0 atom stereocenters. The number of benzene rings is 1. The summed E-state index contributed by atoms with van der Waals surface area (Å²) in [4.78, 5) is 0. The summed E-state index contributed by atoms with van der Waals surface area (Å²) in [5, 5.41) is 4.19. The van der Waals surface area contributed by atoms with Crippen LogP contribution in [0.2, 0.25) is 5.02 Å². The number of ether oxygens (including phenoxy) is 1. The van der Waals surface area contributed by atoms with E-state index in [1.54, 1.807) is 0 Å². The summed E-state index contributed by atoms with van der Waals surface area (Å²) in [6.07, 6.45) is 1.07. The first kappa shape index (κ1) is 16.3. The van der Waals surface area contributed by atoms with E-state index in [9.17, 15) is 0 Å². The van der Waals surface area contributed by atoms with Crippen molar-refractivity contribution in [3.8, 4) is 5.75 Å². The molecule has 3 heteroatoms. The van der Waals surface area contributed by atoms with E-state index in [4.69, 9.17) is 16.3 Å². The van der Waals surface area contributed by atoms with E-state index in [2.05, 4.69) is 33.0 Å². The van der Waals surface area contributed by atoms with E-state index >= 15 is 0 Å². The van der Waals surface area contributed by atoms with E-state index < -0.39 is 0 Å². The van der Waals surface area contributed by atoms with E-state index in [0.717, 1.165) is 42.5 Å². The van der Waals surface area contributed by atoms with Gasteiger partial charge in [-0.15, -0.1) is 0 Å². The Kier molecular flexibility index (Phi) is 7.25. The molecule has 0 aliphatic heterocycles.